The van der Waals surface area contributed by atoms with Crippen molar-refractivity contribution in [2.45, 2.75) is 51.1 Å². The number of nitrogens with one attached hydrogen (secondary N) is 1. The van der Waals surface area contributed by atoms with Crippen molar-refractivity contribution in [3.63, 3.8) is 0 Å². The highest BCUT2D eigenvalue weighted by Gasteiger charge is 2.33. The molecule has 4 nitrogen and oxygen atoms in total. The van der Waals surface area contributed by atoms with Crippen LogP contribution in [0, 0.1) is 0 Å². The molecule has 1 aromatic rings. The van der Waals surface area contributed by atoms with Crippen LogP contribution in [0.25, 0.3) is 0 Å². The molecule has 1 aliphatic rings. The Morgan fingerprint density at radius 1 is 1.47 bits per heavy atom. The monoisotopic (exact) mass is 237 g/mol. The van der Waals surface area contributed by atoms with Crippen LogP contribution in [0.2, 0.25) is 0 Å². The van der Waals surface area contributed by atoms with Crippen LogP contribution in [0.15, 0.2) is 6.20 Å². The Labute approximate surface area is 103 Å². The number of hydrogen-bond donors (Lipinski definition) is 1. The van der Waals surface area contributed by atoms with E-state index in [0.717, 1.165) is 5.75 Å². The smallest absolute Gasteiger partial charge is 0.160 e. The van der Waals surface area contributed by atoms with E-state index in [1.807, 2.05) is 13.2 Å². The summed E-state index contributed by atoms with van der Waals surface area (Å²) in [6, 6.07) is 0.935. The van der Waals surface area contributed by atoms with Gasteiger partial charge in [0.2, 0.25) is 0 Å². The number of nitrogens with zero attached hydrogens (tertiary/aromatic N) is 2. The average molecular weight is 237 g/mol. The highest BCUT2D eigenvalue weighted by Crippen LogP contribution is 2.39. The number of ether oxygens (including phenoxy) is 1. The molecule has 0 aliphatic heterocycles. The van der Waals surface area contributed by atoms with Crippen LogP contribution < -0.4 is 10.1 Å². The van der Waals surface area contributed by atoms with E-state index in [4.69, 9.17) is 4.74 Å². The highest BCUT2D eigenvalue weighted by atomic mass is 16.5. The second kappa shape index (κ2) is 5.08. The lowest BCUT2D eigenvalue weighted by Gasteiger charge is -2.22. The summed E-state index contributed by atoms with van der Waals surface area (Å²) < 4.78 is 7.58. The molecule has 2 unspecified atom stereocenters. The minimum atomic E-state index is 0.381. The summed E-state index contributed by atoms with van der Waals surface area (Å²) in [5.74, 6) is 1.46. The van der Waals surface area contributed by atoms with Crippen LogP contribution >= 0.6 is 0 Å². The Morgan fingerprint density at radius 2 is 2.24 bits per heavy atom. The molecule has 0 aromatic carbocycles. The Bertz CT molecular complexity index is 373. The van der Waals surface area contributed by atoms with Crippen molar-refractivity contribution in [2.24, 2.45) is 0 Å². The molecule has 17 heavy (non-hydrogen) atoms. The van der Waals surface area contributed by atoms with E-state index < -0.39 is 0 Å². The van der Waals surface area contributed by atoms with Crippen LogP contribution in [-0.4, -0.2) is 30.0 Å². The number of aromatic nitrogens is 2. The molecule has 0 radical (unpaired) electrons. The van der Waals surface area contributed by atoms with E-state index in [1.54, 1.807) is 7.11 Å². The number of likely N-dealkylation sites (N-methyl/N-ethyl adjacent to an activating group) is 1. The van der Waals surface area contributed by atoms with E-state index in [0.29, 0.717) is 18.0 Å². The molecule has 1 aliphatic carbocycles. The number of methoxy groups -OCH3 is 1. The standard InChI is InChI=1S/C13H23N3O/c1-9(2)16-13(12(17-4)8-15-16)10-6-5-7-11(10)14-3/h8-11,14H,5-7H2,1-4H3. The summed E-state index contributed by atoms with van der Waals surface area (Å²) in [4.78, 5) is 0. The second-order valence-corrected chi connectivity index (χ2v) is 5.07. The molecule has 0 spiro atoms. The Balaban J connectivity index is 2.37. The van der Waals surface area contributed by atoms with Crippen LogP contribution in [0.4, 0.5) is 0 Å². The molecule has 4 heteroatoms. The summed E-state index contributed by atoms with van der Waals surface area (Å²) in [7, 11) is 3.78. The van der Waals surface area contributed by atoms with Crippen molar-refractivity contribution < 1.29 is 4.74 Å². The molecule has 1 fully saturated rings. The SMILES string of the molecule is CNC1CCCC1c1c(OC)cnn1C(C)C. The number of rotatable bonds is 4. The molecule has 0 amide bonds. The van der Waals surface area contributed by atoms with E-state index in [2.05, 4.69) is 28.9 Å². The first-order chi connectivity index (χ1) is 8.19. The maximum Gasteiger partial charge on any atom is 0.160 e. The van der Waals surface area contributed by atoms with Gasteiger partial charge in [0.15, 0.2) is 5.75 Å². The first kappa shape index (κ1) is 12.4. The molecule has 2 atom stereocenters. The van der Waals surface area contributed by atoms with Gasteiger partial charge in [-0.1, -0.05) is 6.42 Å². The van der Waals surface area contributed by atoms with Gasteiger partial charge in [-0.15, -0.1) is 0 Å². The highest BCUT2D eigenvalue weighted by molar-refractivity contribution is 5.31. The lowest BCUT2D eigenvalue weighted by atomic mass is 9.98. The lowest BCUT2D eigenvalue weighted by Crippen LogP contribution is -2.29. The van der Waals surface area contributed by atoms with Crippen molar-refractivity contribution in [2.75, 3.05) is 14.2 Å². The molecule has 1 heterocycles. The normalized spacial score (nSPS) is 24.5. The molecular formula is C13H23N3O. The summed E-state index contributed by atoms with van der Waals surface area (Å²) in [5.41, 5.74) is 1.26. The Kier molecular flexibility index (Phi) is 3.72. The minimum Gasteiger partial charge on any atom is -0.493 e. The molecule has 1 N–H and O–H groups in total. The van der Waals surface area contributed by atoms with Crippen molar-refractivity contribution in [1.82, 2.24) is 15.1 Å². The van der Waals surface area contributed by atoms with E-state index >= 15 is 0 Å². The third kappa shape index (κ3) is 2.18. The van der Waals surface area contributed by atoms with Gasteiger partial charge in [-0.3, -0.25) is 4.68 Å². The summed E-state index contributed by atoms with van der Waals surface area (Å²) >= 11 is 0. The van der Waals surface area contributed by atoms with Crippen LogP contribution in [0.3, 0.4) is 0 Å². The van der Waals surface area contributed by atoms with Gasteiger partial charge in [-0.05, 0) is 33.7 Å². The zero-order valence-electron chi connectivity index (χ0n) is 11.2. The van der Waals surface area contributed by atoms with Crippen molar-refractivity contribution in [1.29, 1.82) is 0 Å². The molecular weight excluding hydrogens is 214 g/mol. The predicted molar refractivity (Wildman–Crippen MR) is 68.6 cm³/mol. The van der Waals surface area contributed by atoms with Crippen LogP contribution in [0.1, 0.15) is 50.8 Å². The zero-order chi connectivity index (χ0) is 12.4. The second-order valence-electron chi connectivity index (χ2n) is 5.07. The number of hydrogen-bond acceptors (Lipinski definition) is 3. The summed E-state index contributed by atoms with van der Waals surface area (Å²) in [5, 5.41) is 7.89. The van der Waals surface area contributed by atoms with Gasteiger partial charge in [0.1, 0.15) is 0 Å². The van der Waals surface area contributed by atoms with Crippen LogP contribution in [0.5, 0.6) is 5.75 Å². The van der Waals surface area contributed by atoms with Gasteiger partial charge in [-0.2, -0.15) is 5.10 Å². The van der Waals surface area contributed by atoms with Gasteiger partial charge in [0, 0.05) is 18.0 Å². The van der Waals surface area contributed by atoms with Crippen molar-refractivity contribution in [3.8, 4) is 5.75 Å². The fraction of sp³-hybridized carbons (Fsp3) is 0.769. The predicted octanol–water partition coefficient (Wildman–Crippen LogP) is 2.33. The zero-order valence-corrected chi connectivity index (χ0v) is 11.2. The average Bonchev–Trinajstić information content (AvgIpc) is 2.93. The van der Waals surface area contributed by atoms with Crippen LogP contribution in [-0.2, 0) is 0 Å². The third-order valence-electron chi connectivity index (χ3n) is 3.75. The van der Waals surface area contributed by atoms with E-state index in [9.17, 15) is 0 Å². The fourth-order valence-electron chi connectivity index (χ4n) is 2.91. The fourth-order valence-corrected chi connectivity index (χ4v) is 2.91. The Hall–Kier alpha value is -1.03. The topological polar surface area (TPSA) is 39.1 Å². The lowest BCUT2D eigenvalue weighted by molar-refractivity contribution is 0.385. The van der Waals surface area contributed by atoms with Crippen molar-refractivity contribution >= 4 is 0 Å². The van der Waals surface area contributed by atoms with Crippen molar-refractivity contribution in [3.05, 3.63) is 11.9 Å². The molecule has 1 aromatic heterocycles. The maximum absolute atomic E-state index is 5.47. The van der Waals surface area contributed by atoms with Gasteiger partial charge >= 0.3 is 0 Å². The van der Waals surface area contributed by atoms with Gasteiger partial charge in [0.05, 0.1) is 19.0 Å². The third-order valence-corrected chi connectivity index (χ3v) is 3.75. The largest absolute Gasteiger partial charge is 0.493 e. The molecule has 96 valence electrons. The molecule has 2 rings (SSSR count). The van der Waals surface area contributed by atoms with E-state index in [-0.39, 0.29) is 0 Å². The summed E-state index contributed by atoms with van der Waals surface area (Å²) in [6.07, 6.45) is 5.59. The van der Waals surface area contributed by atoms with Gasteiger partial charge in [0.25, 0.3) is 0 Å². The van der Waals surface area contributed by atoms with E-state index in [1.165, 1.54) is 25.0 Å². The van der Waals surface area contributed by atoms with Gasteiger partial charge < -0.3 is 10.1 Å². The molecule has 0 saturated heterocycles. The quantitative estimate of drug-likeness (QED) is 0.873. The molecule has 0 bridgehead atoms. The Morgan fingerprint density at radius 3 is 2.82 bits per heavy atom. The summed E-state index contributed by atoms with van der Waals surface area (Å²) in [6.45, 7) is 4.33. The maximum atomic E-state index is 5.47. The minimum absolute atomic E-state index is 0.381. The first-order valence-corrected chi connectivity index (χ1v) is 6.47. The molecule has 1 saturated carbocycles. The first-order valence-electron chi connectivity index (χ1n) is 6.47. The van der Waals surface area contributed by atoms with Gasteiger partial charge in [-0.25, -0.2) is 0 Å².